The van der Waals surface area contributed by atoms with Crippen molar-refractivity contribution in [1.29, 1.82) is 0 Å². The summed E-state index contributed by atoms with van der Waals surface area (Å²) in [6.07, 6.45) is 2.87. The Morgan fingerprint density at radius 2 is 1.79 bits per heavy atom. The molecule has 4 nitrogen and oxygen atoms in total. The first kappa shape index (κ1) is 14.5. The van der Waals surface area contributed by atoms with Crippen LogP contribution < -0.4 is 5.73 Å². The maximum atomic E-state index is 12.4. The van der Waals surface area contributed by atoms with Crippen LogP contribution in [0.3, 0.4) is 0 Å². The molecule has 1 fully saturated rings. The minimum absolute atomic E-state index is 0.0916. The Hall–Kier alpha value is -0.910. The van der Waals surface area contributed by atoms with Gasteiger partial charge in [-0.3, -0.25) is 0 Å². The third kappa shape index (κ3) is 3.78. The molecule has 0 radical (unpaired) electrons. The zero-order valence-electron chi connectivity index (χ0n) is 11.4. The lowest BCUT2D eigenvalue weighted by atomic mass is 10.1. The lowest BCUT2D eigenvalue weighted by molar-refractivity contribution is 0.402. The van der Waals surface area contributed by atoms with Crippen LogP contribution in [0.1, 0.15) is 37.3 Å². The molecule has 0 heterocycles. The van der Waals surface area contributed by atoms with E-state index in [-0.39, 0.29) is 11.8 Å². The number of hydrogen-bond acceptors (Lipinski definition) is 3. The Morgan fingerprint density at radius 1 is 1.21 bits per heavy atom. The summed E-state index contributed by atoms with van der Waals surface area (Å²) in [5, 5.41) is 0. The van der Waals surface area contributed by atoms with Gasteiger partial charge in [-0.1, -0.05) is 31.2 Å². The van der Waals surface area contributed by atoms with Crippen LogP contribution in [0.5, 0.6) is 0 Å². The average molecular weight is 282 g/mol. The third-order valence-electron chi connectivity index (χ3n) is 3.36. The maximum absolute atomic E-state index is 12.4. The fourth-order valence-electron chi connectivity index (χ4n) is 2.20. The predicted molar refractivity (Wildman–Crippen MR) is 77.0 cm³/mol. The molecule has 0 unspecified atom stereocenters. The SMILES string of the molecule is CCCN(C1CC1)S(=O)(=O)Cc1ccc(CN)cc1. The second-order valence-electron chi connectivity index (χ2n) is 5.12. The van der Waals surface area contributed by atoms with Crippen LogP contribution in [0, 0.1) is 0 Å². The van der Waals surface area contributed by atoms with E-state index in [4.69, 9.17) is 5.73 Å². The maximum Gasteiger partial charge on any atom is 0.218 e. The van der Waals surface area contributed by atoms with Crippen molar-refractivity contribution in [3.8, 4) is 0 Å². The Bertz CT molecular complexity index is 507. The molecule has 0 spiro atoms. The summed E-state index contributed by atoms with van der Waals surface area (Å²) in [4.78, 5) is 0. The molecular formula is C14H22N2O2S. The quantitative estimate of drug-likeness (QED) is 0.830. The molecule has 0 amide bonds. The predicted octanol–water partition coefficient (Wildman–Crippen LogP) is 1.85. The van der Waals surface area contributed by atoms with Crippen molar-refractivity contribution in [2.45, 2.75) is 44.5 Å². The highest BCUT2D eigenvalue weighted by Gasteiger charge is 2.36. The second-order valence-corrected chi connectivity index (χ2v) is 7.04. The Labute approximate surface area is 115 Å². The number of nitrogens with zero attached hydrogens (tertiary/aromatic N) is 1. The molecule has 1 aliphatic rings. The van der Waals surface area contributed by atoms with E-state index >= 15 is 0 Å². The molecule has 19 heavy (non-hydrogen) atoms. The molecule has 1 aromatic carbocycles. The molecule has 0 saturated heterocycles. The van der Waals surface area contributed by atoms with Gasteiger partial charge in [-0.15, -0.1) is 0 Å². The van der Waals surface area contributed by atoms with Crippen LogP contribution in [0.2, 0.25) is 0 Å². The summed E-state index contributed by atoms with van der Waals surface area (Å²) in [6, 6.07) is 7.75. The van der Waals surface area contributed by atoms with Crippen LogP contribution in [0.4, 0.5) is 0 Å². The van der Waals surface area contributed by atoms with Crippen molar-refractivity contribution in [2.75, 3.05) is 6.54 Å². The van der Waals surface area contributed by atoms with Gasteiger partial charge >= 0.3 is 0 Å². The van der Waals surface area contributed by atoms with Crippen LogP contribution in [0.25, 0.3) is 0 Å². The second kappa shape index (κ2) is 6.03. The molecule has 5 heteroatoms. The van der Waals surface area contributed by atoms with Gasteiger partial charge in [0.05, 0.1) is 5.75 Å². The minimum atomic E-state index is -3.19. The number of nitrogens with two attached hydrogens (primary N) is 1. The van der Waals surface area contributed by atoms with Crippen LogP contribution in [0.15, 0.2) is 24.3 Å². The summed E-state index contributed by atoms with van der Waals surface area (Å²) in [5.41, 5.74) is 7.39. The molecule has 1 aromatic rings. The van der Waals surface area contributed by atoms with E-state index in [0.29, 0.717) is 13.1 Å². The zero-order chi connectivity index (χ0) is 13.9. The van der Waals surface area contributed by atoms with Crippen molar-refractivity contribution < 1.29 is 8.42 Å². The smallest absolute Gasteiger partial charge is 0.218 e. The van der Waals surface area contributed by atoms with Crippen molar-refractivity contribution in [2.24, 2.45) is 5.73 Å². The lowest BCUT2D eigenvalue weighted by Gasteiger charge is -2.21. The van der Waals surface area contributed by atoms with E-state index in [2.05, 4.69) is 0 Å². The Morgan fingerprint density at radius 3 is 2.26 bits per heavy atom. The molecule has 0 bridgehead atoms. The van der Waals surface area contributed by atoms with E-state index in [0.717, 1.165) is 30.4 Å². The van der Waals surface area contributed by atoms with Crippen LogP contribution >= 0.6 is 0 Å². The molecule has 2 rings (SSSR count). The summed E-state index contributed by atoms with van der Waals surface area (Å²) in [5.74, 6) is 0.0916. The normalized spacial score (nSPS) is 15.9. The van der Waals surface area contributed by atoms with Crippen molar-refractivity contribution in [1.82, 2.24) is 4.31 Å². The van der Waals surface area contributed by atoms with Crippen LogP contribution in [-0.2, 0) is 22.3 Å². The van der Waals surface area contributed by atoms with Gasteiger partial charge in [0.1, 0.15) is 0 Å². The average Bonchev–Trinajstić information content (AvgIpc) is 3.20. The fourth-order valence-corrected chi connectivity index (χ4v) is 4.10. The van der Waals surface area contributed by atoms with Gasteiger partial charge in [0.15, 0.2) is 0 Å². The Kier molecular flexibility index (Phi) is 4.60. The number of benzene rings is 1. The molecular weight excluding hydrogens is 260 g/mol. The van der Waals surface area contributed by atoms with Crippen molar-refractivity contribution in [3.63, 3.8) is 0 Å². The van der Waals surface area contributed by atoms with E-state index in [9.17, 15) is 8.42 Å². The van der Waals surface area contributed by atoms with Crippen molar-refractivity contribution >= 4 is 10.0 Å². The zero-order valence-corrected chi connectivity index (χ0v) is 12.2. The highest BCUT2D eigenvalue weighted by Crippen LogP contribution is 2.30. The first-order valence-electron chi connectivity index (χ1n) is 6.84. The summed E-state index contributed by atoms with van der Waals surface area (Å²) >= 11 is 0. The summed E-state index contributed by atoms with van der Waals surface area (Å²) in [6.45, 7) is 3.13. The topological polar surface area (TPSA) is 63.4 Å². The summed E-state index contributed by atoms with van der Waals surface area (Å²) in [7, 11) is -3.19. The molecule has 1 saturated carbocycles. The molecule has 2 N–H and O–H groups in total. The number of rotatable bonds is 7. The molecule has 0 aromatic heterocycles. The van der Waals surface area contributed by atoms with Gasteiger partial charge in [-0.25, -0.2) is 8.42 Å². The van der Waals surface area contributed by atoms with E-state index < -0.39 is 10.0 Å². The standard InChI is InChI=1S/C14H22N2O2S/c1-2-9-16(14-7-8-14)19(17,18)11-13-5-3-12(10-15)4-6-13/h3-6,14H,2,7-11,15H2,1H3. The van der Waals surface area contributed by atoms with E-state index in [1.807, 2.05) is 31.2 Å². The first-order valence-corrected chi connectivity index (χ1v) is 8.45. The first-order chi connectivity index (χ1) is 9.06. The van der Waals surface area contributed by atoms with Gasteiger partial charge in [-0.05, 0) is 30.4 Å². The monoisotopic (exact) mass is 282 g/mol. The highest BCUT2D eigenvalue weighted by molar-refractivity contribution is 7.88. The van der Waals surface area contributed by atoms with Gasteiger partial charge in [0.2, 0.25) is 10.0 Å². The Balaban J connectivity index is 2.10. The molecule has 0 aliphatic heterocycles. The van der Waals surface area contributed by atoms with E-state index in [1.54, 1.807) is 4.31 Å². The van der Waals surface area contributed by atoms with Gasteiger partial charge in [-0.2, -0.15) is 4.31 Å². The fraction of sp³-hybridized carbons (Fsp3) is 0.571. The molecule has 0 atom stereocenters. The summed E-state index contributed by atoms with van der Waals surface area (Å²) < 4.78 is 26.5. The largest absolute Gasteiger partial charge is 0.326 e. The number of sulfonamides is 1. The van der Waals surface area contributed by atoms with Gasteiger partial charge in [0, 0.05) is 19.1 Å². The van der Waals surface area contributed by atoms with Crippen LogP contribution in [-0.4, -0.2) is 25.3 Å². The lowest BCUT2D eigenvalue weighted by Crippen LogP contribution is -2.34. The van der Waals surface area contributed by atoms with E-state index in [1.165, 1.54) is 0 Å². The number of hydrogen-bond donors (Lipinski definition) is 1. The van der Waals surface area contributed by atoms with Gasteiger partial charge < -0.3 is 5.73 Å². The molecule has 1 aliphatic carbocycles. The molecule has 106 valence electrons. The van der Waals surface area contributed by atoms with Crippen molar-refractivity contribution in [3.05, 3.63) is 35.4 Å². The highest BCUT2D eigenvalue weighted by atomic mass is 32.2. The minimum Gasteiger partial charge on any atom is -0.326 e. The van der Waals surface area contributed by atoms with Gasteiger partial charge in [0.25, 0.3) is 0 Å². The third-order valence-corrected chi connectivity index (χ3v) is 5.26.